The van der Waals surface area contributed by atoms with Crippen molar-refractivity contribution >= 4 is 5.84 Å². The Bertz CT molecular complexity index is 413. The summed E-state index contributed by atoms with van der Waals surface area (Å²) in [6, 6.07) is 2.02. The Hall–Kier alpha value is -1.65. The molecule has 1 aromatic rings. The first-order valence-corrected chi connectivity index (χ1v) is 5.98. The number of amidine groups is 1. The molecule has 3 N–H and O–H groups in total. The van der Waals surface area contributed by atoms with E-state index in [-0.39, 0.29) is 5.84 Å². The van der Waals surface area contributed by atoms with E-state index in [1.165, 1.54) is 25.7 Å². The quantitative estimate of drug-likeness (QED) is 0.612. The van der Waals surface area contributed by atoms with Crippen LogP contribution in [0, 0.1) is 18.3 Å². The standard InChI is InChI=1S/C12H18N4O/c1-8-6-10(11(13)14)16-12(15-8)17-7-9-4-2-3-5-9/h6,9H,2-5,7H2,1H3,(H3,13,14). The Balaban J connectivity index is 2.01. The molecular formula is C12H18N4O. The minimum atomic E-state index is -0.0544. The van der Waals surface area contributed by atoms with Gasteiger partial charge in [0.1, 0.15) is 11.5 Å². The SMILES string of the molecule is Cc1cc(C(=N)N)nc(OCC2CCCC2)n1. The molecule has 0 amide bonds. The molecule has 0 atom stereocenters. The molecule has 5 heteroatoms. The lowest BCUT2D eigenvalue weighted by atomic mass is 10.1. The Morgan fingerprint density at radius 2 is 2.18 bits per heavy atom. The predicted octanol–water partition coefficient (Wildman–Crippen LogP) is 1.64. The van der Waals surface area contributed by atoms with Gasteiger partial charge in [-0.15, -0.1) is 0 Å². The van der Waals surface area contributed by atoms with E-state index < -0.39 is 0 Å². The minimum Gasteiger partial charge on any atom is -0.463 e. The summed E-state index contributed by atoms with van der Waals surface area (Å²) >= 11 is 0. The summed E-state index contributed by atoms with van der Waals surface area (Å²) < 4.78 is 5.59. The molecule has 5 nitrogen and oxygen atoms in total. The van der Waals surface area contributed by atoms with Crippen molar-refractivity contribution in [3.63, 3.8) is 0 Å². The average molecular weight is 234 g/mol. The molecule has 0 saturated heterocycles. The fraction of sp³-hybridized carbons (Fsp3) is 0.583. The number of nitrogen functional groups attached to an aromatic ring is 1. The maximum absolute atomic E-state index is 7.36. The van der Waals surface area contributed by atoms with Crippen molar-refractivity contribution in [2.24, 2.45) is 11.7 Å². The fourth-order valence-corrected chi connectivity index (χ4v) is 2.11. The molecule has 0 bridgehead atoms. The molecule has 1 fully saturated rings. The number of rotatable bonds is 4. The fourth-order valence-electron chi connectivity index (χ4n) is 2.11. The molecule has 0 spiro atoms. The third-order valence-corrected chi connectivity index (χ3v) is 3.03. The summed E-state index contributed by atoms with van der Waals surface area (Å²) in [5, 5.41) is 7.36. The van der Waals surface area contributed by atoms with Crippen LogP contribution in [0.4, 0.5) is 0 Å². The summed E-state index contributed by atoms with van der Waals surface area (Å²) in [6.07, 6.45) is 5.04. The highest BCUT2D eigenvalue weighted by molar-refractivity contribution is 5.93. The zero-order valence-electron chi connectivity index (χ0n) is 10.1. The molecule has 2 rings (SSSR count). The lowest BCUT2D eigenvalue weighted by Gasteiger charge is -2.10. The molecule has 1 aromatic heterocycles. The van der Waals surface area contributed by atoms with Gasteiger partial charge in [-0.3, -0.25) is 5.41 Å². The number of nitrogens with one attached hydrogen (secondary N) is 1. The van der Waals surface area contributed by atoms with Crippen molar-refractivity contribution < 1.29 is 4.74 Å². The van der Waals surface area contributed by atoms with E-state index in [2.05, 4.69) is 9.97 Å². The zero-order valence-corrected chi connectivity index (χ0v) is 10.1. The summed E-state index contributed by atoms with van der Waals surface area (Å²) in [5.74, 6) is 0.570. The van der Waals surface area contributed by atoms with Crippen LogP contribution in [0.5, 0.6) is 6.01 Å². The molecule has 0 aromatic carbocycles. The van der Waals surface area contributed by atoms with Crippen LogP contribution in [-0.4, -0.2) is 22.4 Å². The maximum Gasteiger partial charge on any atom is 0.317 e. The summed E-state index contributed by atoms with van der Waals surface area (Å²) in [5.41, 5.74) is 6.61. The minimum absolute atomic E-state index is 0.0544. The van der Waals surface area contributed by atoms with Crippen LogP contribution in [0.15, 0.2) is 6.07 Å². The van der Waals surface area contributed by atoms with Gasteiger partial charge in [0, 0.05) is 5.69 Å². The van der Waals surface area contributed by atoms with Gasteiger partial charge in [-0.2, -0.15) is 4.98 Å². The van der Waals surface area contributed by atoms with E-state index >= 15 is 0 Å². The first-order chi connectivity index (χ1) is 8.15. The Labute approximate surface area is 101 Å². The highest BCUT2D eigenvalue weighted by Gasteiger charge is 2.16. The van der Waals surface area contributed by atoms with Gasteiger partial charge in [0.05, 0.1) is 6.61 Å². The number of nitrogens with zero attached hydrogens (tertiary/aromatic N) is 2. The van der Waals surface area contributed by atoms with Crippen LogP contribution in [0.1, 0.15) is 37.1 Å². The van der Waals surface area contributed by atoms with Crippen molar-refractivity contribution in [1.29, 1.82) is 5.41 Å². The Morgan fingerprint density at radius 3 is 2.82 bits per heavy atom. The normalized spacial score (nSPS) is 16.1. The monoisotopic (exact) mass is 234 g/mol. The van der Waals surface area contributed by atoms with Gasteiger partial charge in [0.15, 0.2) is 0 Å². The molecule has 0 unspecified atom stereocenters. The third-order valence-electron chi connectivity index (χ3n) is 3.03. The molecular weight excluding hydrogens is 216 g/mol. The molecule has 92 valence electrons. The van der Waals surface area contributed by atoms with Gasteiger partial charge in [-0.1, -0.05) is 12.8 Å². The molecule has 1 heterocycles. The van der Waals surface area contributed by atoms with Crippen molar-refractivity contribution in [2.45, 2.75) is 32.6 Å². The Kier molecular flexibility index (Phi) is 3.56. The number of hydrogen-bond donors (Lipinski definition) is 2. The predicted molar refractivity (Wildman–Crippen MR) is 65.2 cm³/mol. The van der Waals surface area contributed by atoms with Crippen LogP contribution in [-0.2, 0) is 0 Å². The third kappa shape index (κ3) is 3.15. The van der Waals surface area contributed by atoms with E-state index in [0.29, 0.717) is 24.2 Å². The van der Waals surface area contributed by atoms with Crippen molar-refractivity contribution in [1.82, 2.24) is 9.97 Å². The van der Waals surface area contributed by atoms with Gasteiger partial charge in [0.25, 0.3) is 0 Å². The molecule has 0 aliphatic heterocycles. The van der Waals surface area contributed by atoms with Gasteiger partial charge in [-0.25, -0.2) is 4.98 Å². The van der Waals surface area contributed by atoms with Gasteiger partial charge in [-0.05, 0) is 31.7 Å². The largest absolute Gasteiger partial charge is 0.463 e. The van der Waals surface area contributed by atoms with Crippen molar-refractivity contribution in [3.8, 4) is 6.01 Å². The zero-order chi connectivity index (χ0) is 12.3. The number of aryl methyl sites for hydroxylation is 1. The van der Waals surface area contributed by atoms with E-state index in [9.17, 15) is 0 Å². The van der Waals surface area contributed by atoms with Crippen molar-refractivity contribution in [3.05, 3.63) is 17.5 Å². The summed E-state index contributed by atoms with van der Waals surface area (Å²) in [7, 11) is 0. The topological polar surface area (TPSA) is 84.9 Å². The second kappa shape index (κ2) is 5.12. The molecule has 1 saturated carbocycles. The number of aromatic nitrogens is 2. The van der Waals surface area contributed by atoms with Crippen LogP contribution >= 0.6 is 0 Å². The van der Waals surface area contributed by atoms with Crippen LogP contribution in [0.2, 0.25) is 0 Å². The van der Waals surface area contributed by atoms with E-state index in [4.69, 9.17) is 15.9 Å². The van der Waals surface area contributed by atoms with E-state index in [0.717, 1.165) is 5.69 Å². The second-order valence-electron chi connectivity index (χ2n) is 4.55. The highest BCUT2D eigenvalue weighted by Crippen LogP contribution is 2.24. The van der Waals surface area contributed by atoms with Crippen LogP contribution in [0.25, 0.3) is 0 Å². The summed E-state index contributed by atoms with van der Waals surface area (Å²) in [4.78, 5) is 8.30. The molecule has 17 heavy (non-hydrogen) atoms. The lowest BCUT2D eigenvalue weighted by molar-refractivity contribution is 0.233. The van der Waals surface area contributed by atoms with Gasteiger partial charge in [0.2, 0.25) is 0 Å². The smallest absolute Gasteiger partial charge is 0.317 e. The van der Waals surface area contributed by atoms with E-state index in [1.54, 1.807) is 6.07 Å². The first-order valence-electron chi connectivity index (χ1n) is 5.98. The van der Waals surface area contributed by atoms with E-state index in [1.807, 2.05) is 6.92 Å². The van der Waals surface area contributed by atoms with Gasteiger partial charge >= 0.3 is 6.01 Å². The highest BCUT2D eigenvalue weighted by atomic mass is 16.5. The first kappa shape index (κ1) is 11.8. The average Bonchev–Trinajstić information content (AvgIpc) is 2.78. The second-order valence-corrected chi connectivity index (χ2v) is 4.55. The molecule has 1 aliphatic carbocycles. The van der Waals surface area contributed by atoms with Crippen LogP contribution < -0.4 is 10.5 Å². The number of ether oxygens (including phenoxy) is 1. The van der Waals surface area contributed by atoms with Crippen LogP contribution in [0.3, 0.4) is 0 Å². The maximum atomic E-state index is 7.36. The van der Waals surface area contributed by atoms with Crippen molar-refractivity contribution in [2.75, 3.05) is 6.61 Å². The number of nitrogens with two attached hydrogens (primary N) is 1. The van der Waals surface area contributed by atoms with Gasteiger partial charge < -0.3 is 10.5 Å². The summed E-state index contributed by atoms with van der Waals surface area (Å²) in [6.45, 7) is 2.51. The number of hydrogen-bond acceptors (Lipinski definition) is 4. The molecule has 1 aliphatic rings. The lowest BCUT2D eigenvalue weighted by Crippen LogP contribution is -2.16. The molecule has 0 radical (unpaired) electrons. The Morgan fingerprint density at radius 1 is 1.47 bits per heavy atom.